The largest absolute Gasteiger partial charge is 0.472 e. The van der Waals surface area contributed by atoms with Crippen molar-refractivity contribution in [1.82, 2.24) is 0 Å². The maximum atomic E-state index is 11.4. The van der Waals surface area contributed by atoms with Crippen LogP contribution in [0.2, 0.25) is 0 Å². The van der Waals surface area contributed by atoms with Crippen molar-refractivity contribution in [2.75, 3.05) is 13.2 Å². The van der Waals surface area contributed by atoms with Gasteiger partial charge in [-0.3, -0.25) is 9.05 Å². The number of hydrogen-bond donors (Lipinski definition) is 1. The van der Waals surface area contributed by atoms with Crippen LogP contribution in [0.5, 0.6) is 0 Å². The van der Waals surface area contributed by atoms with Crippen LogP contribution >= 0.6 is 7.82 Å². The summed E-state index contributed by atoms with van der Waals surface area (Å²) in [7, 11) is -5.04. The third-order valence-electron chi connectivity index (χ3n) is 0.755. The van der Waals surface area contributed by atoms with Gasteiger partial charge >= 0.3 is 14.0 Å². The zero-order valence-corrected chi connectivity index (χ0v) is 7.39. The molecule has 1 unspecified atom stereocenters. The van der Waals surface area contributed by atoms with Crippen molar-refractivity contribution in [1.29, 1.82) is 0 Å². The number of hydrogen-bond acceptors (Lipinski definition) is 3. The van der Waals surface area contributed by atoms with E-state index in [0.29, 0.717) is 0 Å². The number of alkyl halides is 5. The maximum Gasteiger partial charge on any atom is 0.472 e. The zero-order valence-electron chi connectivity index (χ0n) is 6.50. The highest BCUT2D eigenvalue weighted by molar-refractivity contribution is 7.47. The molecule has 0 spiro atoms. The van der Waals surface area contributed by atoms with Gasteiger partial charge in [0.1, 0.15) is 6.61 Å². The Morgan fingerprint density at radius 1 is 1.29 bits per heavy atom. The first kappa shape index (κ1) is 13.8. The van der Waals surface area contributed by atoms with E-state index in [-0.39, 0.29) is 0 Å². The summed E-state index contributed by atoms with van der Waals surface area (Å²) in [4.78, 5) is 8.40. The Bertz CT molecular complexity index is 216. The van der Waals surface area contributed by atoms with Crippen molar-refractivity contribution >= 4 is 7.82 Å². The topological polar surface area (TPSA) is 55.8 Å². The molecular weight excluding hydrogens is 238 g/mol. The van der Waals surface area contributed by atoms with E-state index in [1.54, 1.807) is 0 Å². The minimum Gasteiger partial charge on any atom is -0.302 e. The Labute approximate surface area is 75.2 Å². The van der Waals surface area contributed by atoms with Crippen molar-refractivity contribution < 1.29 is 40.5 Å². The summed E-state index contributed by atoms with van der Waals surface area (Å²) in [5.41, 5.74) is 0. The van der Waals surface area contributed by atoms with Crippen LogP contribution < -0.4 is 0 Å². The Kier molecular flexibility index (Phi) is 4.93. The molecule has 4 nitrogen and oxygen atoms in total. The molecule has 0 bridgehead atoms. The second kappa shape index (κ2) is 5.01. The SMILES string of the molecule is O=P(O)(OCC(F)F)OCC(F)(F)F. The highest BCUT2D eigenvalue weighted by Crippen LogP contribution is 2.44. The van der Waals surface area contributed by atoms with Crippen LogP contribution in [0, 0.1) is 0 Å². The van der Waals surface area contributed by atoms with Gasteiger partial charge in [0.2, 0.25) is 0 Å². The normalized spacial score (nSPS) is 17.1. The minimum atomic E-state index is -5.04. The van der Waals surface area contributed by atoms with Gasteiger partial charge in [0, 0.05) is 0 Å². The Hall–Kier alpha value is -0.240. The van der Waals surface area contributed by atoms with E-state index >= 15 is 0 Å². The lowest BCUT2D eigenvalue weighted by Crippen LogP contribution is -2.17. The van der Waals surface area contributed by atoms with E-state index < -0.39 is 33.6 Å². The van der Waals surface area contributed by atoms with Crippen LogP contribution in [0.25, 0.3) is 0 Å². The molecule has 0 aromatic heterocycles. The van der Waals surface area contributed by atoms with E-state index in [9.17, 15) is 26.5 Å². The monoisotopic (exact) mass is 244 g/mol. The zero-order chi connectivity index (χ0) is 11.4. The maximum absolute atomic E-state index is 11.4. The average molecular weight is 244 g/mol. The van der Waals surface area contributed by atoms with Crippen molar-refractivity contribution in [2.24, 2.45) is 0 Å². The highest BCUT2D eigenvalue weighted by Gasteiger charge is 2.34. The smallest absolute Gasteiger partial charge is 0.302 e. The quantitative estimate of drug-likeness (QED) is 0.593. The van der Waals surface area contributed by atoms with Crippen LogP contribution in [0.3, 0.4) is 0 Å². The molecule has 10 heteroatoms. The third kappa shape index (κ3) is 8.36. The van der Waals surface area contributed by atoms with E-state index in [2.05, 4.69) is 9.05 Å². The minimum absolute atomic E-state index is 1.47. The second-order valence-electron chi connectivity index (χ2n) is 2.04. The number of halogens is 5. The van der Waals surface area contributed by atoms with Crippen molar-refractivity contribution in [3.05, 3.63) is 0 Å². The van der Waals surface area contributed by atoms with Gasteiger partial charge in [-0.15, -0.1) is 0 Å². The van der Waals surface area contributed by atoms with Crippen LogP contribution in [-0.4, -0.2) is 30.7 Å². The fourth-order valence-electron chi connectivity index (χ4n) is 0.343. The lowest BCUT2D eigenvalue weighted by molar-refractivity contribution is -0.158. The molecule has 0 rings (SSSR count). The summed E-state index contributed by atoms with van der Waals surface area (Å²) in [6, 6.07) is 0. The molecule has 0 saturated carbocycles. The molecule has 0 aromatic rings. The first-order chi connectivity index (χ1) is 6.12. The van der Waals surface area contributed by atoms with Gasteiger partial charge < -0.3 is 4.89 Å². The predicted molar refractivity (Wildman–Crippen MR) is 33.8 cm³/mol. The van der Waals surface area contributed by atoms with Crippen LogP contribution in [0.4, 0.5) is 22.0 Å². The highest BCUT2D eigenvalue weighted by atomic mass is 31.2. The Morgan fingerprint density at radius 3 is 2.14 bits per heavy atom. The van der Waals surface area contributed by atoms with Crippen molar-refractivity contribution in [3.8, 4) is 0 Å². The average Bonchev–Trinajstić information content (AvgIpc) is 1.97. The number of rotatable bonds is 5. The van der Waals surface area contributed by atoms with Gasteiger partial charge in [-0.05, 0) is 0 Å². The number of phosphoric ester groups is 1. The van der Waals surface area contributed by atoms with E-state index in [1.807, 2.05) is 0 Å². The molecule has 0 saturated heterocycles. The summed E-state index contributed by atoms with van der Waals surface area (Å²) in [6.07, 6.45) is -7.89. The van der Waals surface area contributed by atoms with Gasteiger partial charge in [-0.2, -0.15) is 13.2 Å². The van der Waals surface area contributed by atoms with Gasteiger partial charge in [0.15, 0.2) is 6.61 Å². The predicted octanol–water partition coefficient (Wildman–Crippen LogP) is 1.95. The van der Waals surface area contributed by atoms with Crippen LogP contribution in [0.15, 0.2) is 0 Å². The summed E-state index contributed by atoms with van der Waals surface area (Å²) < 4.78 is 74.4. The summed E-state index contributed by atoms with van der Waals surface area (Å²) in [6.45, 7) is -3.50. The lowest BCUT2D eigenvalue weighted by atomic mass is 10.7. The Balaban J connectivity index is 3.90. The Morgan fingerprint density at radius 2 is 1.79 bits per heavy atom. The first-order valence-electron chi connectivity index (χ1n) is 3.09. The van der Waals surface area contributed by atoms with Gasteiger partial charge in [0.05, 0.1) is 0 Å². The van der Waals surface area contributed by atoms with Crippen LogP contribution in [-0.2, 0) is 13.6 Å². The van der Waals surface area contributed by atoms with Gasteiger partial charge in [-0.1, -0.05) is 0 Å². The lowest BCUT2D eigenvalue weighted by Gasteiger charge is -2.12. The van der Waals surface area contributed by atoms with Crippen molar-refractivity contribution in [2.45, 2.75) is 12.6 Å². The molecular formula is C4H6F5O4P. The molecule has 14 heavy (non-hydrogen) atoms. The molecule has 0 amide bonds. The third-order valence-corrected chi connectivity index (χ3v) is 1.69. The molecule has 0 aliphatic rings. The van der Waals surface area contributed by atoms with E-state index in [0.717, 1.165) is 0 Å². The molecule has 0 heterocycles. The second-order valence-corrected chi connectivity index (χ2v) is 3.50. The van der Waals surface area contributed by atoms with E-state index in [4.69, 9.17) is 4.89 Å². The summed E-state index contributed by atoms with van der Waals surface area (Å²) >= 11 is 0. The molecule has 0 fully saturated rings. The molecule has 0 aliphatic carbocycles. The number of phosphoric acid groups is 1. The fourth-order valence-corrected chi connectivity index (χ4v) is 1.03. The van der Waals surface area contributed by atoms with Gasteiger partial charge in [-0.25, -0.2) is 13.3 Å². The fraction of sp³-hybridized carbons (Fsp3) is 1.00. The van der Waals surface area contributed by atoms with E-state index in [1.165, 1.54) is 0 Å². The molecule has 0 radical (unpaired) electrons. The van der Waals surface area contributed by atoms with Gasteiger partial charge in [0.25, 0.3) is 6.43 Å². The molecule has 0 aliphatic heterocycles. The summed E-state index contributed by atoms with van der Waals surface area (Å²) in [5.74, 6) is 0. The standard InChI is InChI=1S/C4H6F5O4P/c5-3(6)1-12-14(10,11)13-2-4(7,8)9/h3H,1-2H2,(H,10,11). The van der Waals surface area contributed by atoms with Crippen molar-refractivity contribution in [3.63, 3.8) is 0 Å². The molecule has 0 aromatic carbocycles. The first-order valence-corrected chi connectivity index (χ1v) is 4.59. The molecule has 86 valence electrons. The molecule has 1 N–H and O–H groups in total. The van der Waals surface area contributed by atoms with Crippen LogP contribution in [0.1, 0.15) is 0 Å². The molecule has 1 atom stereocenters. The summed E-state index contributed by atoms with van der Waals surface area (Å²) in [5, 5.41) is 0.